The minimum Gasteiger partial charge on any atom is -0.493 e. The van der Waals surface area contributed by atoms with E-state index in [1.807, 2.05) is 32.9 Å². The molecule has 0 spiro atoms. The molecule has 2 aromatic heterocycles. The lowest BCUT2D eigenvalue weighted by atomic mass is 9.96. The maximum atomic E-state index is 12.6. The van der Waals surface area contributed by atoms with Crippen molar-refractivity contribution in [1.29, 1.82) is 0 Å². The van der Waals surface area contributed by atoms with Crippen LogP contribution in [0.15, 0.2) is 51.6 Å². The lowest BCUT2D eigenvalue weighted by Gasteiger charge is -2.15. The number of anilines is 1. The molecular formula is C25H22Cl2N2O4. The van der Waals surface area contributed by atoms with Crippen LogP contribution in [0, 0.1) is 13.8 Å². The van der Waals surface area contributed by atoms with Crippen molar-refractivity contribution in [2.45, 2.75) is 27.7 Å². The van der Waals surface area contributed by atoms with Crippen molar-refractivity contribution in [3.8, 4) is 16.9 Å². The van der Waals surface area contributed by atoms with Gasteiger partial charge >= 0.3 is 0 Å². The van der Waals surface area contributed by atoms with Crippen molar-refractivity contribution in [1.82, 2.24) is 5.16 Å². The minimum atomic E-state index is -0.325. The number of hydrogen-bond donors (Lipinski definition) is 1. The molecule has 0 saturated heterocycles. The highest BCUT2D eigenvalue weighted by molar-refractivity contribution is 6.36. The van der Waals surface area contributed by atoms with Gasteiger partial charge < -0.3 is 19.0 Å². The van der Waals surface area contributed by atoms with Crippen molar-refractivity contribution < 1.29 is 18.5 Å². The Kier molecular flexibility index (Phi) is 6.49. The molecule has 0 fully saturated rings. The second-order valence-electron chi connectivity index (χ2n) is 7.60. The summed E-state index contributed by atoms with van der Waals surface area (Å²) in [6.45, 7) is 7.91. The highest BCUT2D eigenvalue weighted by atomic mass is 35.5. The molecule has 1 N–H and O–H groups in total. The summed E-state index contributed by atoms with van der Waals surface area (Å²) in [7, 11) is 0. The van der Waals surface area contributed by atoms with Crippen LogP contribution in [0.3, 0.4) is 0 Å². The summed E-state index contributed by atoms with van der Waals surface area (Å²) in [5.41, 5.74) is 4.65. The molecule has 0 atom stereocenters. The fourth-order valence-corrected chi connectivity index (χ4v) is 4.23. The number of ether oxygens (including phenoxy) is 1. The van der Waals surface area contributed by atoms with E-state index >= 15 is 0 Å². The van der Waals surface area contributed by atoms with E-state index in [0.29, 0.717) is 39.6 Å². The molecule has 0 unspecified atom stereocenters. The molecule has 2 heterocycles. The molecule has 1 amide bonds. The number of hydrogen-bond acceptors (Lipinski definition) is 5. The molecule has 0 aliphatic heterocycles. The Hall–Kier alpha value is -3.22. The Balaban J connectivity index is 1.82. The van der Waals surface area contributed by atoms with E-state index in [2.05, 4.69) is 10.5 Å². The molecule has 33 heavy (non-hydrogen) atoms. The van der Waals surface area contributed by atoms with E-state index in [1.165, 1.54) is 6.08 Å². The van der Waals surface area contributed by atoms with E-state index in [-0.39, 0.29) is 5.91 Å². The van der Waals surface area contributed by atoms with Gasteiger partial charge in [0.15, 0.2) is 5.82 Å². The van der Waals surface area contributed by atoms with Crippen LogP contribution in [0.4, 0.5) is 5.82 Å². The third-order valence-electron chi connectivity index (χ3n) is 5.21. The third-order valence-corrected chi connectivity index (χ3v) is 5.75. The second kappa shape index (κ2) is 9.33. The van der Waals surface area contributed by atoms with Crippen molar-refractivity contribution in [2.24, 2.45) is 0 Å². The van der Waals surface area contributed by atoms with Gasteiger partial charge in [0.25, 0.3) is 0 Å². The number of aryl methyl sites for hydroxylation is 2. The number of nitrogens with one attached hydrogen (secondary N) is 1. The maximum absolute atomic E-state index is 12.6. The monoisotopic (exact) mass is 484 g/mol. The zero-order chi connectivity index (χ0) is 23.7. The summed E-state index contributed by atoms with van der Waals surface area (Å²) in [6, 6.07) is 8.94. The minimum absolute atomic E-state index is 0.325. The fraction of sp³-hybridized carbons (Fsp3) is 0.200. The second-order valence-corrected chi connectivity index (χ2v) is 8.44. The summed E-state index contributed by atoms with van der Waals surface area (Å²) in [6.07, 6.45) is 3.17. The van der Waals surface area contributed by atoms with Crippen molar-refractivity contribution >= 4 is 51.5 Å². The lowest BCUT2D eigenvalue weighted by molar-refractivity contribution is -0.111. The zero-order valence-electron chi connectivity index (χ0n) is 18.6. The number of rotatable bonds is 6. The van der Waals surface area contributed by atoms with Gasteiger partial charge in [-0.2, -0.15) is 0 Å². The number of fused-ring (bicyclic) bond motifs is 1. The van der Waals surface area contributed by atoms with Gasteiger partial charge in [-0.05, 0) is 51.5 Å². The van der Waals surface area contributed by atoms with Crippen molar-refractivity contribution in [3.05, 3.63) is 69.6 Å². The van der Waals surface area contributed by atoms with Gasteiger partial charge in [0.1, 0.15) is 17.1 Å². The highest BCUT2D eigenvalue weighted by Gasteiger charge is 2.20. The topological polar surface area (TPSA) is 77.5 Å². The maximum Gasteiger partial charge on any atom is 0.249 e. The molecule has 0 radical (unpaired) electrons. The summed E-state index contributed by atoms with van der Waals surface area (Å²) < 4.78 is 16.9. The number of allylic oxidation sites excluding steroid dienone is 1. The number of amides is 1. The third kappa shape index (κ3) is 4.63. The molecule has 6 nitrogen and oxygen atoms in total. The first-order valence-corrected chi connectivity index (χ1v) is 11.1. The quantitative estimate of drug-likeness (QED) is 0.287. The van der Waals surface area contributed by atoms with Crippen LogP contribution in [-0.4, -0.2) is 17.7 Å². The molecule has 4 rings (SSSR count). The van der Waals surface area contributed by atoms with Crippen LogP contribution in [0.2, 0.25) is 10.0 Å². The van der Waals surface area contributed by atoms with Gasteiger partial charge in [-0.25, -0.2) is 0 Å². The fourth-order valence-electron chi connectivity index (χ4n) is 3.72. The summed E-state index contributed by atoms with van der Waals surface area (Å²) >= 11 is 12.5. The van der Waals surface area contributed by atoms with Gasteiger partial charge in [0, 0.05) is 44.8 Å². The Bertz CT molecular complexity index is 1380. The molecule has 4 aromatic rings. The standard InChI is InChI=1S/C25H22Cl2N2O4/c1-5-31-24-15(4)25-19(20(12-32-25)17-7-6-16(26)10-21(17)27)11-18(24)13(2)8-23(30)28-22-9-14(3)33-29-22/h6-12H,5H2,1-4H3,(H,28,29,30)/b13-8+. The smallest absolute Gasteiger partial charge is 0.249 e. The first-order chi connectivity index (χ1) is 15.8. The first-order valence-electron chi connectivity index (χ1n) is 10.3. The SMILES string of the molecule is CCOc1c(/C(C)=C/C(=O)Nc2cc(C)on2)cc2c(-c3ccc(Cl)cc3Cl)coc2c1C. The first kappa shape index (κ1) is 23.0. The van der Waals surface area contributed by atoms with Gasteiger partial charge in [0.2, 0.25) is 5.91 Å². The molecule has 0 saturated carbocycles. The molecule has 0 bridgehead atoms. The average molecular weight is 485 g/mol. The van der Waals surface area contributed by atoms with Crippen molar-refractivity contribution in [2.75, 3.05) is 11.9 Å². The Labute approximate surface area is 201 Å². The molecular weight excluding hydrogens is 463 g/mol. The highest BCUT2D eigenvalue weighted by Crippen LogP contribution is 2.42. The molecule has 0 aliphatic carbocycles. The predicted octanol–water partition coefficient (Wildman–Crippen LogP) is 7.45. The van der Waals surface area contributed by atoms with Crippen LogP contribution in [0.5, 0.6) is 5.75 Å². The molecule has 2 aromatic carbocycles. The number of aromatic nitrogens is 1. The van der Waals surface area contributed by atoms with E-state index < -0.39 is 0 Å². The summed E-state index contributed by atoms with van der Waals surface area (Å²) in [5, 5.41) is 8.43. The number of furan rings is 1. The summed E-state index contributed by atoms with van der Waals surface area (Å²) in [5.74, 6) is 1.30. The predicted molar refractivity (Wildman–Crippen MR) is 131 cm³/mol. The van der Waals surface area contributed by atoms with E-state index in [9.17, 15) is 4.79 Å². The van der Waals surface area contributed by atoms with Gasteiger partial charge in [-0.15, -0.1) is 0 Å². The van der Waals surface area contributed by atoms with Gasteiger partial charge in [-0.3, -0.25) is 4.79 Å². The zero-order valence-corrected chi connectivity index (χ0v) is 20.1. The van der Waals surface area contributed by atoms with Gasteiger partial charge in [0.05, 0.1) is 17.9 Å². The Morgan fingerprint density at radius 3 is 2.64 bits per heavy atom. The van der Waals surface area contributed by atoms with E-state index in [4.69, 9.17) is 36.9 Å². The van der Waals surface area contributed by atoms with E-state index in [0.717, 1.165) is 33.2 Å². The summed E-state index contributed by atoms with van der Waals surface area (Å²) in [4.78, 5) is 12.6. The van der Waals surface area contributed by atoms with Crippen LogP contribution >= 0.6 is 23.2 Å². The molecule has 8 heteroatoms. The number of halogens is 2. The Morgan fingerprint density at radius 2 is 1.97 bits per heavy atom. The van der Waals surface area contributed by atoms with Crippen LogP contribution in [0.25, 0.3) is 27.7 Å². The van der Waals surface area contributed by atoms with Crippen LogP contribution < -0.4 is 10.1 Å². The number of benzene rings is 2. The normalized spacial score (nSPS) is 11.8. The Morgan fingerprint density at radius 1 is 1.18 bits per heavy atom. The number of carbonyl (C=O) groups excluding carboxylic acids is 1. The number of nitrogens with zero attached hydrogens (tertiary/aromatic N) is 1. The van der Waals surface area contributed by atoms with Gasteiger partial charge in [-0.1, -0.05) is 34.4 Å². The molecule has 170 valence electrons. The largest absolute Gasteiger partial charge is 0.493 e. The number of carbonyl (C=O) groups is 1. The van der Waals surface area contributed by atoms with Crippen molar-refractivity contribution in [3.63, 3.8) is 0 Å². The van der Waals surface area contributed by atoms with Crippen LogP contribution in [0.1, 0.15) is 30.7 Å². The average Bonchev–Trinajstić information content (AvgIpc) is 3.36. The van der Waals surface area contributed by atoms with E-state index in [1.54, 1.807) is 31.4 Å². The molecule has 0 aliphatic rings. The lowest BCUT2D eigenvalue weighted by Crippen LogP contribution is -2.09. The van der Waals surface area contributed by atoms with Crippen LogP contribution in [-0.2, 0) is 4.79 Å².